The minimum Gasteiger partial charge on any atom is -0.493 e. The summed E-state index contributed by atoms with van der Waals surface area (Å²) in [6.07, 6.45) is -1.03. The van der Waals surface area contributed by atoms with Gasteiger partial charge < -0.3 is 14.6 Å². The molecule has 2 aromatic heterocycles. The normalized spacial score (nSPS) is 11.4. The fraction of sp³-hybridized carbons (Fsp3) is 0.348. The van der Waals surface area contributed by atoms with Crippen molar-refractivity contribution in [2.45, 2.75) is 38.8 Å². The Kier molecular flexibility index (Phi) is 7.98. The molecule has 0 aliphatic rings. The Bertz CT molecular complexity index is 1170. The molecule has 2 N–H and O–H groups in total. The first-order valence-corrected chi connectivity index (χ1v) is 10.6. The van der Waals surface area contributed by atoms with Gasteiger partial charge >= 0.3 is 12.1 Å². The van der Waals surface area contributed by atoms with Gasteiger partial charge in [-0.25, -0.2) is 9.67 Å². The Labute approximate surface area is 192 Å². The van der Waals surface area contributed by atoms with Gasteiger partial charge in [-0.2, -0.15) is 13.2 Å². The minimum absolute atomic E-state index is 0.00351. The molecule has 3 aromatic rings. The molecule has 0 radical (unpaired) electrons. The number of alkyl halides is 3. The number of aryl methyl sites for hydroxylation is 2. The van der Waals surface area contributed by atoms with Crippen molar-refractivity contribution in [2.75, 3.05) is 13.2 Å². The van der Waals surface area contributed by atoms with Crippen LogP contribution in [0.2, 0.25) is 0 Å². The summed E-state index contributed by atoms with van der Waals surface area (Å²) in [5.41, 5.74) is -0.000627. The number of hydrogen-bond donors (Lipinski definition) is 2. The number of ether oxygens (including phenoxy) is 2. The first kappa shape index (κ1) is 24.9. The van der Waals surface area contributed by atoms with Crippen LogP contribution in [0, 0.1) is 0 Å². The van der Waals surface area contributed by atoms with Crippen molar-refractivity contribution in [2.24, 2.45) is 0 Å². The van der Waals surface area contributed by atoms with Crippen LogP contribution in [0.25, 0.3) is 5.82 Å². The lowest BCUT2D eigenvalue weighted by atomic mass is 10.1. The summed E-state index contributed by atoms with van der Waals surface area (Å²) in [7, 11) is 0. The van der Waals surface area contributed by atoms with Gasteiger partial charge in [0, 0.05) is 30.4 Å². The number of pyridine rings is 1. The van der Waals surface area contributed by atoms with Crippen LogP contribution in [-0.2, 0) is 23.8 Å². The monoisotopic (exact) mass is 479 g/mol. The summed E-state index contributed by atoms with van der Waals surface area (Å²) < 4.78 is 50.7. The molecule has 0 saturated heterocycles. The van der Waals surface area contributed by atoms with Crippen LogP contribution in [0.4, 0.5) is 13.2 Å². The van der Waals surface area contributed by atoms with Crippen molar-refractivity contribution in [1.29, 1.82) is 0 Å². The lowest BCUT2D eigenvalue weighted by Crippen LogP contribution is -2.10. The van der Waals surface area contributed by atoms with E-state index in [1.165, 1.54) is 16.9 Å². The number of carboxylic acids is 1. The third-order valence-electron chi connectivity index (χ3n) is 4.93. The van der Waals surface area contributed by atoms with Crippen LogP contribution in [0.5, 0.6) is 11.5 Å². The molecule has 0 atom stereocenters. The minimum atomic E-state index is -4.48. The number of benzene rings is 1. The summed E-state index contributed by atoms with van der Waals surface area (Å²) in [5, 5.41) is 11.4. The van der Waals surface area contributed by atoms with E-state index in [1.807, 2.05) is 6.92 Å². The van der Waals surface area contributed by atoms with E-state index in [0.717, 1.165) is 11.6 Å². The van der Waals surface area contributed by atoms with E-state index in [4.69, 9.17) is 14.6 Å². The van der Waals surface area contributed by atoms with Crippen molar-refractivity contribution >= 4 is 5.97 Å². The van der Waals surface area contributed by atoms with Gasteiger partial charge in [-0.1, -0.05) is 6.07 Å². The smallest absolute Gasteiger partial charge is 0.417 e. The van der Waals surface area contributed by atoms with Gasteiger partial charge in [-0.15, -0.1) is 0 Å². The summed E-state index contributed by atoms with van der Waals surface area (Å²) in [5.74, 6) is 0.404. The number of aromatic amines is 1. The molecule has 2 heterocycles. The molecule has 8 nitrogen and oxygen atoms in total. The highest BCUT2D eigenvalue weighted by molar-refractivity contribution is 5.67. The standard InChI is InChI=1S/C23H24F3N3O5/c1-2-33-19-12-18(8-5-15(19)6-10-21(30)31)34-11-3-4-16-14-29(28-22(16)32)20-9-7-17(13-27-20)23(24,25)26/h5,7-9,12-14H,2-4,6,10-11H2,1H3,(H,28,32)(H,30,31). The quantitative estimate of drug-likeness (QED) is 0.403. The zero-order valence-corrected chi connectivity index (χ0v) is 18.4. The number of nitrogens with zero attached hydrogens (tertiary/aromatic N) is 2. The van der Waals surface area contributed by atoms with Gasteiger partial charge in [0.15, 0.2) is 5.82 Å². The molecule has 0 bridgehead atoms. The Balaban J connectivity index is 1.57. The summed E-state index contributed by atoms with van der Waals surface area (Å²) in [6.45, 7) is 2.57. The Morgan fingerprint density at radius 1 is 1.15 bits per heavy atom. The molecule has 0 aliphatic carbocycles. The van der Waals surface area contributed by atoms with E-state index in [0.29, 0.717) is 55.7 Å². The lowest BCUT2D eigenvalue weighted by Gasteiger charge is -2.12. The lowest BCUT2D eigenvalue weighted by molar-refractivity contribution is -0.138. The van der Waals surface area contributed by atoms with E-state index in [-0.39, 0.29) is 17.8 Å². The van der Waals surface area contributed by atoms with Crippen molar-refractivity contribution in [3.8, 4) is 17.3 Å². The molecule has 0 spiro atoms. The maximum Gasteiger partial charge on any atom is 0.417 e. The second-order valence-electron chi connectivity index (χ2n) is 7.42. The molecular weight excluding hydrogens is 455 g/mol. The molecule has 0 fully saturated rings. The van der Waals surface area contributed by atoms with Crippen LogP contribution < -0.4 is 15.0 Å². The average molecular weight is 479 g/mol. The number of nitrogens with one attached hydrogen (secondary N) is 1. The van der Waals surface area contributed by atoms with Gasteiger partial charge in [0.25, 0.3) is 5.56 Å². The number of rotatable bonds is 11. The maximum atomic E-state index is 12.7. The molecule has 0 unspecified atom stereocenters. The maximum absolute atomic E-state index is 12.7. The van der Waals surface area contributed by atoms with Gasteiger partial charge in [-0.05, 0) is 49.9 Å². The molecule has 1 aromatic carbocycles. The van der Waals surface area contributed by atoms with E-state index in [1.54, 1.807) is 18.2 Å². The molecular formula is C23H24F3N3O5. The number of aromatic nitrogens is 3. The molecule has 34 heavy (non-hydrogen) atoms. The number of H-pyrrole nitrogens is 1. The largest absolute Gasteiger partial charge is 0.493 e. The Morgan fingerprint density at radius 2 is 1.94 bits per heavy atom. The van der Waals surface area contributed by atoms with Crippen LogP contribution in [-0.4, -0.2) is 39.1 Å². The summed E-state index contributed by atoms with van der Waals surface area (Å²) >= 11 is 0. The molecule has 0 saturated carbocycles. The molecule has 0 aliphatic heterocycles. The molecule has 11 heteroatoms. The van der Waals surface area contributed by atoms with E-state index in [9.17, 15) is 22.8 Å². The highest BCUT2D eigenvalue weighted by Gasteiger charge is 2.30. The third-order valence-corrected chi connectivity index (χ3v) is 4.93. The number of carbonyl (C=O) groups is 1. The van der Waals surface area contributed by atoms with Gasteiger partial charge in [0.1, 0.15) is 11.5 Å². The van der Waals surface area contributed by atoms with Crippen molar-refractivity contribution in [1.82, 2.24) is 14.8 Å². The predicted octanol–water partition coefficient (Wildman–Crippen LogP) is 4.01. The van der Waals surface area contributed by atoms with E-state index in [2.05, 4.69) is 10.1 Å². The van der Waals surface area contributed by atoms with E-state index < -0.39 is 17.7 Å². The van der Waals surface area contributed by atoms with Crippen molar-refractivity contribution < 1.29 is 32.5 Å². The van der Waals surface area contributed by atoms with Crippen molar-refractivity contribution in [3.05, 3.63) is 69.8 Å². The molecule has 0 amide bonds. The van der Waals surface area contributed by atoms with Gasteiger partial charge in [0.2, 0.25) is 0 Å². The first-order chi connectivity index (χ1) is 16.2. The van der Waals surface area contributed by atoms with Crippen LogP contribution in [0.1, 0.15) is 36.5 Å². The summed E-state index contributed by atoms with van der Waals surface area (Å²) in [6, 6.07) is 7.30. The second-order valence-corrected chi connectivity index (χ2v) is 7.42. The Morgan fingerprint density at radius 3 is 2.59 bits per heavy atom. The van der Waals surface area contributed by atoms with Crippen molar-refractivity contribution in [3.63, 3.8) is 0 Å². The van der Waals surface area contributed by atoms with Crippen LogP contribution in [0.3, 0.4) is 0 Å². The number of halogens is 3. The van der Waals surface area contributed by atoms with Crippen LogP contribution in [0.15, 0.2) is 47.5 Å². The van der Waals surface area contributed by atoms with Crippen LogP contribution >= 0.6 is 0 Å². The van der Waals surface area contributed by atoms with E-state index >= 15 is 0 Å². The Hall–Kier alpha value is -3.76. The van der Waals surface area contributed by atoms with Gasteiger partial charge in [-0.3, -0.25) is 14.7 Å². The SMILES string of the molecule is CCOc1cc(OCCCc2cn(-c3ccc(C(F)(F)F)cn3)[nH]c2=O)ccc1CCC(=O)O. The second kappa shape index (κ2) is 10.9. The van der Waals surface area contributed by atoms with Gasteiger partial charge in [0.05, 0.1) is 18.8 Å². The third kappa shape index (κ3) is 6.63. The fourth-order valence-electron chi connectivity index (χ4n) is 3.24. The fourth-order valence-corrected chi connectivity index (χ4v) is 3.24. The first-order valence-electron chi connectivity index (χ1n) is 10.6. The number of carboxylic acid groups (broad SMARTS) is 1. The summed E-state index contributed by atoms with van der Waals surface area (Å²) in [4.78, 5) is 26.8. The zero-order chi connectivity index (χ0) is 24.7. The topological polar surface area (TPSA) is 106 Å². The number of aliphatic carboxylic acids is 1. The average Bonchev–Trinajstić information content (AvgIpc) is 3.16. The molecule has 3 rings (SSSR count). The predicted molar refractivity (Wildman–Crippen MR) is 117 cm³/mol. The number of hydrogen-bond acceptors (Lipinski definition) is 5. The molecule has 182 valence electrons. The zero-order valence-electron chi connectivity index (χ0n) is 18.4. The highest BCUT2D eigenvalue weighted by atomic mass is 19.4. The highest BCUT2D eigenvalue weighted by Crippen LogP contribution is 2.29.